The molecule has 0 atom stereocenters. The number of ether oxygens (including phenoxy) is 1. The zero-order valence-electron chi connectivity index (χ0n) is 19.7. The number of halogens is 1. The van der Waals surface area contributed by atoms with Crippen molar-refractivity contribution in [3.05, 3.63) is 65.1 Å². The summed E-state index contributed by atoms with van der Waals surface area (Å²) in [6, 6.07) is 11.1. The maximum absolute atomic E-state index is 13.0. The van der Waals surface area contributed by atoms with Crippen LogP contribution in [0.4, 0.5) is 16.3 Å². The van der Waals surface area contributed by atoms with E-state index in [0.29, 0.717) is 42.5 Å². The van der Waals surface area contributed by atoms with Gasteiger partial charge in [-0.15, -0.1) is 0 Å². The summed E-state index contributed by atoms with van der Waals surface area (Å²) in [6.45, 7) is 7.09. The van der Waals surface area contributed by atoms with E-state index in [1.165, 1.54) is 0 Å². The van der Waals surface area contributed by atoms with Crippen LogP contribution in [0.1, 0.15) is 43.2 Å². The van der Waals surface area contributed by atoms with Crippen LogP contribution in [0.25, 0.3) is 5.69 Å². The molecule has 1 aromatic carbocycles. The van der Waals surface area contributed by atoms with Crippen molar-refractivity contribution in [3.8, 4) is 5.69 Å². The second-order valence-corrected chi connectivity index (χ2v) is 9.96. The van der Waals surface area contributed by atoms with Gasteiger partial charge in [-0.1, -0.05) is 11.6 Å². The minimum absolute atomic E-state index is 0.157. The van der Waals surface area contributed by atoms with Gasteiger partial charge >= 0.3 is 6.09 Å². The molecule has 0 N–H and O–H groups in total. The lowest BCUT2D eigenvalue weighted by Crippen LogP contribution is -2.25. The van der Waals surface area contributed by atoms with Crippen LogP contribution in [0, 0.1) is 0 Å². The fourth-order valence-electron chi connectivity index (χ4n) is 4.08. The highest BCUT2D eigenvalue weighted by atomic mass is 35.5. The van der Waals surface area contributed by atoms with Gasteiger partial charge in [0, 0.05) is 35.5 Å². The third kappa shape index (κ3) is 4.90. The minimum atomic E-state index is -0.571. The highest BCUT2D eigenvalue weighted by Crippen LogP contribution is 2.29. The lowest BCUT2D eigenvalue weighted by atomic mass is 10.2. The molecular formula is C25H25ClN6O3. The standard InChI is InChI=1S/C25H25ClN6O3/c1-25(2,3)35-24(34)28-18-10-11-30(15-18)21-9-8-20(12-27-21)31-13-16-14-32(29-22(16)23(31)33)19-6-4-17(26)5-7-19/h4-9,12,14H,10-11,13,15H2,1-3H3. The molecule has 2 aliphatic heterocycles. The zero-order valence-corrected chi connectivity index (χ0v) is 20.5. The molecule has 35 heavy (non-hydrogen) atoms. The Morgan fingerprint density at radius 2 is 1.83 bits per heavy atom. The summed E-state index contributed by atoms with van der Waals surface area (Å²) in [6.07, 6.45) is 3.66. The quantitative estimate of drug-likeness (QED) is 0.527. The number of pyridine rings is 1. The van der Waals surface area contributed by atoms with E-state index in [1.807, 2.05) is 56.1 Å². The van der Waals surface area contributed by atoms with Gasteiger partial charge in [0.15, 0.2) is 5.69 Å². The molecule has 9 nitrogen and oxygen atoms in total. The van der Waals surface area contributed by atoms with Gasteiger partial charge in [-0.05, 0) is 57.2 Å². The number of rotatable bonds is 3. The van der Waals surface area contributed by atoms with E-state index in [4.69, 9.17) is 16.3 Å². The van der Waals surface area contributed by atoms with Gasteiger partial charge in [-0.2, -0.15) is 10.1 Å². The molecule has 1 saturated heterocycles. The number of amides is 2. The van der Waals surface area contributed by atoms with Crippen molar-refractivity contribution >= 4 is 40.8 Å². The molecule has 2 amide bonds. The molecule has 0 unspecified atom stereocenters. The summed E-state index contributed by atoms with van der Waals surface area (Å²) in [5.41, 5.74) is 3.04. The second kappa shape index (κ2) is 8.81. The number of aromatic nitrogens is 3. The van der Waals surface area contributed by atoms with Crippen LogP contribution in [0.15, 0.2) is 53.8 Å². The van der Waals surface area contributed by atoms with Crippen LogP contribution in [0.3, 0.4) is 0 Å². The fourth-order valence-corrected chi connectivity index (χ4v) is 4.20. The number of fused-ring (bicyclic) bond motifs is 1. The molecule has 1 fully saturated rings. The predicted octanol–water partition coefficient (Wildman–Crippen LogP) is 4.67. The third-order valence-corrected chi connectivity index (χ3v) is 5.96. The Labute approximate surface area is 208 Å². The van der Waals surface area contributed by atoms with Gasteiger partial charge in [-0.3, -0.25) is 4.79 Å². The van der Waals surface area contributed by atoms with Crippen molar-refractivity contribution < 1.29 is 14.3 Å². The van der Waals surface area contributed by atoms with E-state index < -0.39 is 11.7 Å². The van der Waals surface area contributed by atoms with E-state index in [-0.39, 0.29) is 5.91 Å². The lowest BCUT2D eigenvalue weighted by Gasteiger charge is -2.19. The second-order valence-electron chi connectivity index (χ2n) is 9.52. The number of carbonyl (C=O) groups excluding carboxylic acids is 2. The molecule has 4 heterocycles. The molecule has 0 saturated carbocycles. The largest absolute Gasteiger partial charge is 0.442 e. The van der Waals surface area contributed by atoms with Crippen LogP contribution in [0.5, 0.6) is 0 Å². The van der Waals surface area contributed by atoms with Gasteiger partial charge in [0.1, 0.15) is 11.4 Å². The molecule has 10 heteroatoms. The first-order valence-electron chi connectivity index (χ1n) is 11.3. The Bertz CT molecular complexity index is 1310. The summed E-state index contributed by atoms with van der Waals surface area (Å²) in [5.74, 6) is 0.607. The smallest absolute Gasteiger partial charge is 0.434 e. The molecular weight excluding hydrogens is 468 g/mol. The van der Waals surface area contributed by atoms with Crippen molar-refractivity contribution in [3.63, 3.8) is 0 Å². The number of aliphatic imine (C=N–C) groups is 1. The molecule has 0 radical (unpaired) electrons. The maximum atomic E-state index is 13.0. The van der Waals surface area contributed by atoms with Gasteiger partial charge in [-0.25, -0.2) is 14.5 Å². The Kier molecular flexibility index (Phi) is 5.80. The SMILES string of the molecule is CC(C)(C)OC(=O)N=C1CCN(c2ccc(N3Cc4cn(-c5ccc(Cl)cc5)nc4C3=O)cn2)C1. The molecule has 180 valence electrons. The van der Waals surface area contributed by atoms with Crippen molar-refractivity contribution in [1.82, 2.24) is 14.8 Å². The van der Waals surface area contributed by atoms with Crippen molar-refractivity contribution in [1.29, 1.82) is 0 Å². The summed E-state index contributed by atoms with van der Waals surface area (Å²) in [4.78, 5) is 37.4. The number of carbonyl (C=O) groups is 2. The maximum Gasteiger partial charge on any atom is 0.434 e. The van der Waals surface area contributed by atoms with Gasteiger partial charge in [0.2, 0.25) is 0 Å². The molecule has 0 aliphatic carbocycles. The number of anilines is 2. The van der Waals surface area contributed by atoms with E-state index in [1.54, 1.807) is 27.9 Å². The van der Waals surface area contributed by atoms with E-state index >= 15 is 0 Å². The monoisotopic (exact) mass is 492 g/mol. The predicted molar refractivity (Wildman–Crippen MR) is 134 cm³/mol. The Morgan fingerprint density at radius 3 is 2.49 bits per heavy atom. The molecule has 2 aromatic heterocycles. The highest BCUT2D eigenvalue weighted by molar-refractivity contribution is 6.30. The van der Waals surface area contributed by atoms with Crippen LogP contribution < -0.4 is 9.80 Å². The Morgan fingerprint density at radius 1 is 1.09 bits per heavy atom. The summed E-state index contributed by atoms with van der Waals surface area (Å²) in [5, 5.41) is 5.13. The molecule has 3 aromatic rings. The number of benzene rings is 1. The topological polar surface area (TPSA) is 92.9 Å². The van der Waals surface area contributed by atoms with Crippen molar-refractivity contribution in [2.75, 3.05) is 22.9 Å². The number of hydrogen-bond donors (Lipinski definition) is 0. The average Bonchev–Trinajstić information content (AvgIpc) is 3.50. The third-order valence-electron chi connectivity index (χ3n) is 5.71. The highest BCUT2D eigenvalue weighted by Gasteiger charge is 2.32. The number of hydrogen-bond acceptors (Lipinski definition) is 6. The van der Waals surface area contributed by atoms with Crippen LogP contribution >= 0.6 is 11.6 Å². The first-order valence-corrected chi connectivity index (χ1v) is 11.7. The summed E-state index contributed by atoms with van der Waals surface area (Å²) in [7, 11) is 0. The van der Waals surface area contributed by atoms with Crippen molar-refractivity contribution in [2.45, 2.75) is 39.3 Å². The van der Waals surface area contributed by atoms with E-state index in [0.717, 1.165) is 22.8 Å². The average molecular weight is 493 g/mol. The first kappa shape index (κ1) is 23.0. The zero-order chi connectivity index (χ0) is 24.7. The molecule has 0 spiro atoms. The Hall–Kier alpha value is -3.72. The van der Waals surface area contributed by atoms with Crippen molar-refractivity contribution in [2.24, 2.45) is 4.99 Å². The minimum Gasteiger partial charge on any atom is -0.442 e. The fraction of sp³-hybridized carbons (Fsp3) is 0.320. The van der Waals surface area contributed by atoms with E-state index in [9.17, 15) is 9.59 Å². The number of nitrogens with zero attached hydrogens (tertiary/aromatic N) is 6. The van der Waals surface area contributed by atoms with E-state index in [2.05, 4.69) is 15.1 Å². The van der Waals surface area contributed by atoms with Gasteiger partial charge in [0.25, 0.3) is 5.91 Å². The molecule has 2 aliphatic rings. The lowest BCUT2D eigenvalue weighted by molar-refractivity contribution is 0.0604. The normalized spacial score (nSPS) is 16.8. The van der Waals surface area contributed by atoms with Crippen LogP contribution in [-0.2, 0) is 11.3 Å². The summed E-state index contributed by atoms with van der Waals surface area (Å²) < 4.78 is 6.97. The first-order chi connectivity index (χ1) is 16.7. The van der Waals surface area contributed by atoms with Crippen LogP contribution in [0.2, 0.25) is 5.02 Å². The molecule has 5 rings (SSSR count). The van der Waals surface area contributed by atoms with Crippen LogP contribution in [-0.4, -0.2) is 51.2 Å². The molecule has 0 bridgehead atoms. The van der Waals surface area contributed by atoms with Gasteiger partial charge < -0.3 is 14.5 Å². The Balaban J connectivity index is 1.24. The summed E-state index contributed by atoms with van der Waals surface area (Å²) >= 11 is 5.96. The van der Waals surface area contributed by atoms with Gasteiger partial charge in [0.05, 0.1) is 30.7 Å².